The number of ketones is 1. The summed E-state index contributed by atoms with van der Waals surface area (Å²) in [6, 6.07) is 12.0. The number of rotatable bonds is 4. The number of hydrogen-bond acceptors (Lipinski definition) is 2. The number of anilines is 1. The van der Waals surface area contributed by atoms with Crippen LogP contribution in [-0.2, 0) is 4.79 Å². The Morgan fingerprint density at radius 3 is 2.33 bits per heavy atom. The third-order valence-electron chi connectivity index (χ3n) is 2.96. The fourth-order valence-corrected chi connectivity index (χ4v) is 1.93. The van der Waals surface area contributed by atoms with Crippen molar-refractivity contribution in [3.05, 3.63) is 70.8 Å². The zero-order valence-electron chi connectivity index (χ0n) is 12.1. The van der Waals surface area contributed by atoms with Crippen LogP contribution in [0.15, 0.2) is 54.6 Å². The number of benzene rings is 2. The number of halogens is 4. The van der Waals surface area contributed by atoms with Gasteiger partial charge in [0, 0.05) is 16.3 Å². The van der Waals surface area contributed by atoms with Gasteiger partial charge in [-0.25, -0.2) is 0 Å². The number of alkyl halides is 3. The molecule has 0 atom stereocenters. The standard InChI is InChI=1S/C17H11ClF3NO2/c18-13-7-5-12(6-8-13)15(23)9-4-11-2-1-3-14(10-11)22-16(24)17(19,20)21/h1-10H,(H,22,24)/b9-4+. The molecule has 0 heterocycles. The van der Waals surface area contributed by atoms with Crippen molar-refractivity contribution in [1.29, 1.82) is 0 Å². The average Bonchev–Trinajstić information content (AvgIpc) is 2.53. The van der Waals surface area contributed by atoms with Crippen LogP contribution in [0.4, 0.5) is 18.9 Å². The van der Waals surface area contributed by atoms with Gasteiger partial charge in [-0.2, -0.15) is 13.2 Å². The van der Waals surface area contributed by atoms with Gasteiger partial charge in [-0.05, 0) is 48.0 Å². The number of allylic oxidation sites excluding steroid dienone is 1. The Labute approximate surface area is 140 Å². The number of hydrogen-bond donors (Lipinski definition) is 1. The van der Waals surface area contributed by atoms with Crippen molar-refractivity contribution in [2.45, 2.75) is 6.18 Å². The van der Waals surface area contributed by atoms with Gasteiger partial charge in [0.15, 0.2) is 5.78 Å². The predicted molar refractivity (Wildman–Crippen MR) is 85.9 cm³/mol. The van der Waals surface area contributed by atoms with Crippen molar-refractivity contribution in [2.75, 3.05) is 5.32 Å². The van der Waals surface area contributed by atoms with E-state index < -0.39 is 12.1 Å². The van der Waals surface area contributed by atoms with E-state index in [1.165, 1.54) is 30.4 Å². The molecular formula is C17H11ClF3NO2. The smallest absolute Gasteiger partial charge is 0.318 e. The van der Waals surface area contributed by atoms with Crippen molar-refractivity contribution in [2.24, 2.45) is 0 Å². The molecule has 0 aliphatic carbocycles. The van der Waals surface area contributed by atoms with E-state index in [-0.39, 0.29) is 11.5 Å². The van der Waals surface area contributed by atoms with E-state index >= 15 is 0 Å². The maximum atomic E-state index is 12.2. The fraction of sp³-hybridized carbons (Fsp3) is 0.0588. The zero-order chi connectivity index (χ0) is 17.7. The lowest BCUT2D eigenvalue weighted by molar-refractivity contribution is -0.167. The second-order valence-electron chi connectivity index (χ2n) is 4.78. The highest BCUT2D eigenvalue weighted by molar-refractivity contribution is 6.30. The van der Waals surface area contributed by atoms with Crippen molar-refractivity contribution in [3.63, 3.8) is 0 Å². The van der Waals surface area contributed by atoms with Crippen molar-refractivity contribution in [3.8, 4) is 0 Å². The Kier molecular flexibility index (Phi) is 5.41. The van der Waals surface area contributed by atoms with E-state index in [0.29, 0.717) is 16.1 Å². The van der Waals surface area contributed by atoms with Gasteiger partial charge < -0.3 is 5.32 Å². The molecule has 0 saturated heterocycles. The fourth-order valence-electron chi connectivity index (χ4n) is 1.80. The molecule has 2 aromatic rings. The highest BCUT2D eigenvalue weighted by Gasteiger charge is 2.38. The van der Waals surface area contributed by atoms with Gasteiger partial charge in [-0.1, -0.05) is 29.8 Å². The van der Waals surface area contributed by atoms with E-state index in [1.54, 1.807) is 35.6 Å². The molecule has 0 bridgehead atoms. The van der Waals surface area contributed by atoms with Crippen molar-refractivity contribution < 1.29 is 22.8 Å². The summed E-state index contributed by atoms with van der Waals surface area (Å²) in [6.45, 7) is 0. The molecule has 0 radical (unpaired) electrons. The molecule has 124 valence electrons. The Morgan fingerprint density at radius 1 is 1.04 bits per heavy atom. The second kappa shape index (κ2) is 7.31. The molecule has 0 spiro atoms. The molecule has 7 heteroatoms. The van der Waals surface area contributed by atoms with Crippen molar-refractivity contribution >= 4 is 35.1 Å². The van der Waals surface area contributed by atoms with E-state index in [1.807, 2.05) is 0 Å². The zero-order valence-corrected chi connectivity index (χ0v) is 12.9. The van der Waals surface area contributed by atoms with Crippen LogP contribution < -0.4 is 5.32 Å². The molecule has 0 aromatic heterocycles. The summed E-state index contributed by atoms with van der Waals surface area (Å²) in [5.74, 6) is -2.34. The van der Waals surface area contributed by atoms with Crippen LogP contribution in [0, 0.1) is 0 Å². The molecule has 1 amide bonds. The molecule has 1 N–H and O–H groups in total. The second-order valence-corrected chi connectivity index (χ2v) is 5.22. The molecule has 0 aliphatic rings. The lowest BCUT2D eigenvalue weighted by atomic mass is 10.1. The number of nitrogens with one attached hydrogen (secondary N) is 1. The third-order valence-corrected chi connectivity index (χ3v) is 3.21. The highest BCUT2D eigenvalue weighted by atomic mass is 35.5. The minimum atomic E-state index is -4.96. The Morgan fingerprint density at radius 2 is 1.71 bits per heavy atom. The topological polar surface area (TPSA) is 46.2 Å². The van der Waals surface area contributed by atoms with Crippen LogP contribution in [0.1, 0.15) is 15.9 Å². The summed E-state index contributed by atoms with van der Waals surface area (Å²) in [6.07, 6.45) is -2.23. The number of carbonyl (C=O) groups is 2. The van der Waals surface area contributed by atoms with Gasteiger partial charge in [0.25, 0.3) is 0 Å². The molecule has 2 aromatic carbocycles. The van der Waals surface area contributed by atoms with E-state index in [9.17, 15) is 22.8 Å². The Balaban J connectivity index is 2.10. The van der Waals surface area contributed by atoms with Crippen molar-refractivity contribution in [1.82, 2.24) is 0 Å². The minimum Gasteiger partial charge on any atom is -0.318 e. The monoisotopic (exact) mass is 353 g/mol. The summed E-state index contributed by atoms with van der Waals surface area (Å²) in [5, 5.41) is 2.25. The average molecular weight is 354 g/mol. The summed E-state index contributed by atoms with van der Waals surface area (Å²) >= 11 is 5.74. The van der Waals surface area contributed by atoms with Gasteiger partial charge >= 0.3 is 12.1 Å². The van der Waals surface area contributed by atoms with Gasteiger partial charge in [-0.3, -0.25) is 9.59 Å². The quantitative estimate of drug-likeness (QED) is 0.637. The summed E-state index contributed by atoms with van der Waals surface area (Å²) in [5.41, 5.74) is 0.882. The summed E-state index contributed by atoms with van der Waals surface area (Å²) < 4.78 is 36.7. The first-order valence-electron chi connectivity index (χ1n) is 6.72. The molecule has 0 saturated carbocycles. The normalized spacial score (nSPS) is 11.5. The SMILES string of the molecule is O=C(/C=C/c1cccc(NC(=O)C(F)(F)F)c1)c1ccc(Cl)cc1. The molecule has 24 heavy (non-hydrogen) atoms. The Hall–Kier alpha value is -2.60. The molecule has 0 aliphatic heterocycles. The summed E-state index contributed by atoms with van der Waals surface area (Å²) in [7, 11) is 0. The number of carbonyl (C=O) groups excluding carboxylic acids is 2. The minimum absolute atomic E-state index is 0.0154. The van der Waals surface area contributed by atoms with E-state index in [4.69, 9.17) is 11.6 Å². The van der Waals surface area contributed by atoms with Gasteiger partial charge in [-0.15, -0.1) is 0 Å². The number of amides is 1. The molecule has 0 fully saturated rings. The lowest BCUT2D eigenvalue weighted by Gasteiger charge is -2.08. The van der Waals surface area contributed by atoms with Crippen LogP contribution in [0.2, 0.25) is 5.02 Å². The maximum Gasteiger partial charge on any atom is 0.471 e. The molecule has 0 unspecified atom stereocenters. The largest absolute Gasteiger partial charge is 0.471 e. The Bertz CT molecular complexity index is 783. The third kappa shape index (κ3) is 4.96. The van der Waals surface area contributed by atoms with Crippen LogP contribution in [0.5, 0.6) is 0 Å². The van der Waals surface area contributed by atoms with E-state index in [2.05, 4.69) is 0 Å². The lowest BCUT2D eigenvalue weighted by Crippen LogP contribution is -2.29. The van der Waals surface area contributed by atoms with Crippen LogP contribution >= 0.6 is 11.6 Å². The van der Waals surface area contributed by atoms with Gasteiger partial charge in [0.05, 0.1) is 0 Å². The first-order valence-corrected chi connectivity index (χ1v) is 7.10. The maximum absolute atomic E-state index is 12.2. The molecular weight excluding hydrogens is 343 g/mol. The first kappa shape index (κ1) is 17.7. The summed E-state index contributed by atoms with van der Waals surface area (Å²) in [4.78, 5) is 22.9. The van der Waals surface area contributed by atoms with Crippen LogP contribution in [0.3, 0.4) is 0 Å². The first-order chi connectivity index (χ1) is 11.3. The van der Waals surface area contributed by atoms with E-state index in [0.717, 1.165) is 0 Å². The van der Waals surface area contributed by atoms with Crippen LogP contribution in [0.25, 0.3) is 6.08 Å². The predicted octanol–water partition coefficient (Wildman–Crippen LogP) is 4.74. The van der Waals surface area contributed by atoms with Gasteiger partial charge in [0.1, 0.15) is 0 Å². The highest BCUT2D eigenvalue weighted by Crippen LogP contribution is 2.19. The molecule has 3 nitrogen and oxygen atoms in total. The van der Waals surface area contributed by atoms with Crippen LogP contribution in [-0.4, -0.2) is 17.9 Å². The molecule has 2 rings (SSSR count). The van der Waals surface area contributed by atoms with Gasteiger partial charge in [0.2, 0.25) is 0 Å².